The molecule has 0 aromatic carbocycles. The quantitative estimate of drug-likeness (QED) is 0.836. The van der Waals surface area contributed by atoms with Gasteiger partial charge in [0.25, 0.3) is 0 Å². The average Bonchev–Trinajstić information content (AvgIpc) is 2.67. The van der Waals surface area contributed by atoms with E-state index in [2.05, 4.69) is 10.1 Å². The van der Waals surface area contributed by atoms with Gasteiger partial charge in [-0.15, -0.1) is 0 Å². The van der Waals surface area contributed by atoms with Gasteiger partial charge >= 0.3 is 0 Å². The molecule has 0 bridgehead atoms. The summed E-state index contributed by atoms with van der Waals surface area (Å²) < 4.78 is 3.54. The maximum absolute atomic E-state index is 6.11. The van der Waals surface area contributed by atoms with Crippen molar-refractivity contribution in [3.8, 4) is 0 Å². The van der Waals surface area contributed by atoms with Crippen LogP contribution in [-0.2, 0) is 13.6 Å². The van der Waals surface area contributed by atoms with Crippen LogP contribution in [0.4, 0.5) is 5.82 Å². The summed E-state index contributed by atoms with van der Waals surface area (Å²) in [7, 11) is 1.82. The highest BCUT2D eigenvalue weighted by Crippen LogP contribution is 2.19. The van der Waals surface area contributed by atoms with Crippen LogP contribution in [0.5, 0.6) is 0 Å². The summed E-state index contributed by atoms with van der Waals surface area (Å²) in [5, 5.41) is 4.89. The number of imidazole rings is 1. The van der Waals surface area contributed by atoms with E-state index in [4.69, 9.17) is 17.3 Å². The Labute approximate surface area is 92.5 Å². The Balaban J connectivity index is 2.31. The maximum Gasteiger partial charge on any atom is 0.141 e. The SMILES string of the molecule is Cc1nn(C)c(Cl)c1Cn1cnc(N)c1. The Morgan fingerprint density at radius 3 is 2.73 bits per heavy atom. The molecule has 0 aliphatic rings. The zero-order valence-corrected chi connectivity index (χ0v) is 9.36. The molecule has 80 valence electrons. The van der Waals surface area contributed by atoms with E-state index < -0.39 is 0 Å². The van der Waals surface area contributed by atoms with Crippen LogP contribution in [0.15, 0.2) is 12.5 Å². The molecule has 5 nitrogen and oxygen atoms in total. The van der Waals surface area contributed by atoms with Crippen LogP contribution in [0.25, 0.3) is 0 Å². The van der Waals surface area contributed by atoms with E-state index in [1.165, 1.54) is 0 Å². The molecule has 0 saturated heterocycles. The topological polar surface area (TPSA) is 61.7 Å². The second kappa shape index (κ2) is 3.58. The first kappa shape index (κ1) is 10.0. The molecule has 0 unspecified atom stereocenters. The van der Waals surface area contributed by atoms with Crippen LogP contribution < -0.4 is 5.73 Å². The van der Waals surface area contributed by atoms with Crippen molar-refractivity contribution in [2.45, 2.75) is 13.5 Å². The molecule has 0 amide bonds. The van der Waals surface area contributed by atoms with Crippen LogP contribution in [0, 0.1) is 6.92 Å². The molecular weight excluding hydrogens is 214 g/mol. The minimum Gasteiger partial charge on any atom is -0.382 e. The number of aryl methyl sites for hydroxylation is 2. The van der Waals surface area contributed by atoms with Gasteiger partial charge in [0.05, 0.1) is 18.6 Å². The second-order valence-electron chi connectivity index (χ2n) is 3.45. The van der Waals surface area contributed by atoms with Crippen molar-refractivity contribution >= 4 is 17.4 Å². The van der Waals surface area contributed by atoms with Crippen molar-refractivity contribution in [1.29, 1.82) is 0 Å². The maximum atomic E-state index is 6.11. The summed E-state index contributed by atoms with van der Waals surface area (Å²) in [6.45, 7) is 2.57. The molecule has 2 rings (SSSR count). The number of aromatic nitrogens is 4. The predicted molar refractivity (Wildman–Crippen MR) is 58.7 cm³/mol. The predicted octanol–water partition coefficient (Wildman–Crippen LogP) is 1.21. The summed E-state index contributed by atoms with van der Waals surface area (Å²) in [6.07, 6.45) is 3.45. The fourth-order valence-corrected chi connectivity index (χ4v) is 1.73. The highest BCUT2D eigenvalue weighted by atomic mass is 35.5. The first-order valence-electron chi connectivity index (χ1n) is 4.53. The van der Waals surface area contributed by atoms with E-state index in [1.54, 1.807) is 17.2 Å². The van der Waals surface area contributed by atoms with Crippen LogP contribution in [-0.4, -0.2) is 19.3 Å². The highest BCUT2D eigenvalue weighted by Gasteiger charge is 2.11. The lowest BCUT2D eigenvalue weighted by atomic mass is 10.2. The normalized spacial score (nSPS) is 10.9. The number of anilines is 1. The average molecular weight is 226 g/mol. The van der Waals surface area contributed by atoms with Gasteiger partial charge in [-0.25, -0.2) is 4.98 Å². The van der Waals surface area contributed by atoms with Crippen molar-refractivity contribution in [3.63, 3.8) is 0 Å². The lowest BCUT2D eigenvalue weighted by Crippen LogP contribution is -1.98. The number of nitrogens with two attached hydrogens (primary N) is 1. The molecule has 0 saturated carbocycles. The van der Waals surface area contributed by atoms with Crippen LogP contribution in [0.3, 0.4) is 0 Å². The van der Waals surface area contributed by atoms with Crippen molar-refractivity contribution in [2.24, 2.45) is 7.05 Å². The first-order valence-corrected chi connectivity index (χ1v) is 4.91. The fourth-order valence-electron chi connectivity index (χ4n) is 1.50. The van der Waals surface area contributed by atoms with Gasteiger partial charge in [-0.2, -0.15) is 5.10 Å². The molecule has 2 aromatic rings. The van der Waals surface area contributed by atoms with Crippen molar-refractivity contribution in [1.82, 2.24) is 19.3 Å². The van der Waals surface area contributed by atoms with E-state index in [9.17, 15) is 0 Å². The van der Waals surface area contributed by atoms with Crippen molar-refractivity contribution in [3.05, 3.63) is 28.9 Å². The number of halogens is 1. The van der Waals surface area contributed by atoms with Crippen molar-refractivity contribution in [2.75, 3.05) is 5.73 Å². The zero-order chi connectivity index (χ0) is 11.0. The standard InChI is InChI=1S/C9H12ClN5/c1-6-7(9(10)14(2)13-6)3-15-4-8(11)12-5-15/h4-5H,3,11H2,1-2H3. The van der Waals surface area contributed by atoms with Gasteiger partial charge in [0.15, 0.2) is 0 Å². The Kier molecular flexibility index (Phi) is 2.40. The summed E-state index contributed by atoms with van der Waals surface area (Å²) in [5.41, 5.74) is 7.45. The molecule has 0 radical (unpaired) electrons. The minimum absolute atomic E-state index is 0.507. The number of nitrogens with zero attached hydrogens (tertiary/aromatic N) is 4. The number of hydrogen-bond acceptors (Lipinski definition) is 3. The van der Waals surface area contributed by atoms with Gasteiger partial charge in [0.2, 0.25) is 0 Å². The first-order chi connectivity index (χ1) is 7.08. The molecule has 2 aromatic heterocycles. The monoisotopic (exact) mass is 225 g/mol. The smallest absolute Gasteiger partial charge is 0.141 e. The molecule has 0 spiro atoms. The highest BCUT2D eigenvalue weighted by molar-refractivity contribution is 6.30. The molecule has 0 aliphatic carbocycles. The molecule has 0 atom stereocenters. The third-order valence-electron chi connectivity index (χ3n) is 2.26. The van der Waals surface area contributed by atoms with E-state index in [0.717, 1.165) is 11.3 Å². The number of hydrogen-bond donors (Lipinski definition) is 1. The third-order valence-corrected chi connectivity index (χ3v) is 2.74. The van der Waals surface area contributed by atoms with E-state index >= 15 is 0 Å². The molecule has 2 N–H and O–H groups in total. The Morgan fingerprint density at radius 2 is 2.27 bits per heavy atom. The zero-order valence-electron chi connectivity index (χ0n) is 8.61. The lowest BCUT2D eigenvalue weighted by molar-refractivity contribution is 0.756. The van der Waals surface area contributed by atoms with Gasteiger partial charge < -0.3 is 10.3 Å². The van der Waals surface area contributed by atoms with Crippen molar-refractivity contribution < 1.29 is 0 Å². The third kappa shape index (κ3) is 1.83. The van der Waals surface area contributed by atoms with Gasteiger partial charge in [0, 0.05) is 18.8 Å². The Bertz CT molecular complexity index is 485. The van der Waals surface area contributed by atoms with Crippen LogP contribution >= 0.6 is 11.6 Å². The molecule has 0 aliphatic heterocycles. The largest absolute Gasteiger partial charge is 0.382 e. The van der Waals surface area contributed by atoms with E-state index in [1.807, 2.05) is 18.5 Å². The van der Waals surface area contributed by atoms with Gasteiger partial charge in [0.1, 0.15) is 11.0 Å². The fraction of sp³-hybridized carbons (Fsp3) is 0.333. The summed E-state index contributed by atoms with van der Waals surface area (Å²) in [5.74, 6) is 0.507. The molecule has 0 fully saturated rings. The van der Waals surface area contributed by atoms with Crippen LogP contribution in [0.1, 0.15) is 11.3 Å². The Hall–Kier alpha value is -1.49. The van der Waals surface area contributed by atoms with Gasteiger partial charge in [-0.1, -0.05) is 11.6 Å². The summed E-state index contributed by atoms with van der Waals surface area (Å²) in [4.78, 5) is 3.95. The molecule has 2 heterocycles. The lowest BCUT2D eigenvalue weighted by Gasteiger charge is -2.01. The number of rotatable bonds is 2. The molecular formula is C9H12ClN5. The summed E-state index contributed by atoms with van der Waals surface area (Å²) in [6, 6.07) is 0. The van der Waals surface area contributed by atoms with Gasteiger partial charge in [-0.05, 0) is 6.92 Å². The Morgan fingerprint density at radius 1 is 1.53 bits per heavy atom. The number of nitrogen functional groups attached to an aromatic ring is 1. The van der Waals surface area contributed by atoms with Gasteiger partial charge in [-0.3, -0.25) is 4.68 Å². The van der Waals surface area contributed by atoms with E-state index in [0.29, 0.717) is 17.5 Å². The van der Waals surface area contributed by atoms with E-state index in [-0.39, 0.29) is 0 Å². The minimum atomic E-state index is 0.507. The van der Waals surface area contributed by atoms with Crippen LogP contribution in [0.2, 0.25) is 5.15 Å². The summed E-state index contributed by atoms with van der Waals surface area (Å²) >= 11 is 6.11. The molecule has 15 heavy (non-hydrogen) atoms. The second-order valence-corrected chi connectivity index (χ2v) is 3.81. The molecule has 6 heteroatoms.